The molecule has 3 unspecified atom stereocenters. The van der Waals surface area contributed by atoms with Gasteiger partial charge in [-0.3, -0.25) is 19.5 Å². The summed E-state index contributed by atoms with van der Waals surface area (Å²) in [4.78, 5) is 66.5. The number of rotatable bonds is 11. The van der Waals surface area contributed by atoms with Crippen molar-refractivity contribution in [2.24, 2.45) is 5.16 Å². The number of phenolic OH excluding ortho intramolecular Hbond substituents is 2. The first kappa shape index (κ1) is 32.5. The molecule has 2 aliphatic rings. The zero-order chi connectivity index (χ0) is 34.2. The van der Waals surface area contributed by atoms with Gasteiger partial charge in [-0.05, 0) is 36.4 Å². The first-order valence-corrected chi connectivity index (χ1v) is 16.6. The standard InChI is InChI=1S/C30H24N6O9S3/c31-29-34-21(13-46-29)30(28(43)44,14-6-7-18(37)19(38)9-14)45-33-12-22(39)35-26-16(25(27(41)42)36-23(40)11-24(36)48-26)4-1-3-15-10-17-20(47-15)5-2-8-32-17/h1-2,4-10,12-13,24,26,37-38H,3,11H2,(H2,31,34)(H,35,39)(H,41,42)(H,43,44)/b4-1+,33-12?. The Hall–Kier alpha value is -5.46. The van der Waals surface area contributed by atoms with Crippen LogP contribution in [0.1, 0.15) is 22.6 Å². The lowest BCUT2D eigenvalue weighted by atomic mass is 9.90. The number of β-lactam (4-membered cyclic amide) rings is 1. The third-order valence-electron chi connectivity index (χ3n) is 7.35. The Morgan fingerprint density at radius 3 is 2.67 bits per heavy atom. The van der Waals surface area contributed by atoms with Crippen molar-refractivity contribution in [3.8, 4) is 11.5 Å². The molecule has 2 amide bonds. The van der Waals surface area contributed by atoms with Crippen LogP contribution in [0.25, 0.3) is 10.2 Å². The summed E-state index contributed by atoms with van der Waals surface area (Å²) in [6.07, 6.45) is 6.15. The van der Waals surface area contributed by atoms with Gasteiger partial charge in [-0.25, -0.2) is 14.6 Å². The molecule has 1 fully saturated rings. The van der Waals surface area contributed by atoms with Crippen molar-refractivity contribution in [2.75, 3.05) is 5.73 Å². The highest BCUT2D eigenvalue weighted by Crippen LogP contribution is 2.44. The van der Waals surface area contributed by atoms with E-state index in [1.807, 2.05) is 18.2 Å². The maximum atomic E-state index is 13.1. The summed E-state index contributed by atoms with van der Waals surface area (Å²) in [5.41, 5.74) is 3.57. The van der Waals surface area contributed by atoms with Gasteiger partial charge in [0, 0.05) is 34.0 Å². The van der Waals surface area contributed by atoms with E-state index in [0.29, 0.717) is 12.6 Å². The molecule has 18 heteroatoms. The van der Waals surface area contributed by atoms with Gasteiger partial charge >= 0.3 is 17.5 Å². The number of nitrogen functional groups attached to an aromatic ring is 1. The van der Waals surface area contributed by atoms with Crippen molar-refractivity contribution in [3.05, 3.63) is 87.5 Å². The molecule has 0 saturated carbocycles. The fraction of sp³-hybridized carbons (Fsp3) is 0.167. The number of allylic oxidation sites excluding steroid dienone is 1. The molecule has 3 aromatic heterocycles. The van der Waals surface area contributed by atoms with E-state index in [2.05, 4.69) is 20.4 Å². The van der Waals surface area contributed by atoms with Crippen LogP contribution in [-0.2, 0) is 36.0 Å². The molecule has 0 aliphatic carbocycles. The number of fused-ring (bicyclic) bond motifs is 2. The number of carbonyl (C=O) groups is 4. The van der Waals surface area contributed by atoms with Crippen LogP contribution < -0.4 is 11.1 Å². The average Bonchev–Trinajstić information content (AvgIpc) is 3.66. The van der Waals surface area contributed by atoms with Gasteiger partial charge in [0.2, 0.25) is 5.91 Å². The first-order valence-electron chi connectivity index (χ1n) is 13.9. The summed E-state index contributed by atoms with van der Waals surface area (Å²) < 4.78 is 0.993. The minimum Gasteiger partial charge on any atom is -0.504 e. The first-order chi connectivity index (χ1) is 23.0. The number of carbonyl (C=O) groups excluding carboxylic acids is 2. The molecule has 2 aliphatic heterocycles. The van der Waals surface area contributed by atoms with Gasteiger partial charge < -0.3 is 36.3 Å². The van der Waals surface area contributed by atoms with Crippen LogP contribution >= 0.6 is 34.4 Å². The van der Waals surface area contributed by atoms with Gasteiger partial charge in [-0.15, -0.1) is 34.4 Å². The number of benzene rings is 1. The number of nitrogens with two attached hydrogens (primary N) is 1. The zero-order valence-electron chi connectivity index (χ0n) is 24.3. The van der Waals surface area contributed by atoms with Crippen LogP contribution in [0.2, 0.25) is 0 Å². The molecule has 0 radical (unpaired) electrons. The minimum atomic E-state index is -2.49. The van der Waals surface area contributed by atoms with E-state index in [-0.39, 0.29) is 40.0 Å². The quantitative estimate of drug-likeness (QED) is 0.0569. The molecule has 7 N–H and O–H groups in total. The SMILES string of the molecule is Nc1nc(C(ON=CC(=O)NC2SC3CC(=O)N3C(C(=O)O)=C2/C=C/Cc2cc3ncccc3s2)(C(=O)O)c2ccc(O)c(O)c2)cs1. The Kier molecular flexibility index (Phi) is 8.78. The fourth-order valence-corrected chi connectivity index (χ4v) is 8.13. The number of hydrogen-bond donors (Lipinski definition) is 6. The van der Waals surface area contributed by atoms with Crippen LogP contribution in [0.4, 0.5) is 5.13 Å². The number of aromatic nitrogens is 2. The largest absolute Gasteiger partial charge is 0.504 e. The molecule has 48 heavy (non-hydrogen) atoms. The molecule has 15 nitrogen and oxygen atoms in total. The molecule has 0 spiro atoms. The van der Waals surface area contributed by atoms with Gasteiger partial charge in [-0.1, -0.05) is 17.3 Å². The Morgan fingerprint density at radius 1 is 1.19 bits per heavy atom. The highest BCUT2D eigenvalue weighted by molar-refractivity contribution is 8.00. The lowest BCUT2D eigenvalue weighted by Gasteiger charge is -2.46. The highest BCUT2D eigenvalue weighted by atomic mass is 32.2. The molecule has 246 valence electrons. The molecular formula is C30H24N6O9S3. The average molecular weight is 709 g/mol. The topological polar surface area (TPSA) is 238 Å². The summed E-state index contributed by atoms with van der Waals surface area (Å²) in [6.45, 7) is 0. The van der Waals surface area contributed by atoms with Crippen molar-refractivity contribution in [2.45, 2.75) is 29.2 Å². The van der Waals surface area contributed by atoms with Gasteiger partial charge in [0.1, 0.15) is 23.0 Å². The number of nitrogens with one attached hydrogen (secondary N) is 1. The fourth-order valence-electron chi connectivity index (χ4n) is 5.12. The minimum absolute atomic E-state index is 0.00687. The van der Waals surface area contributed by atoms with Gasteiger partial charge in [0.15, 0.2) is 16.6 Å². The smallest absolute Gasteiger partial charge is 0.362 e. The number of amides is 2. The molecular weight excluding hydrogens is 685 g/mol. The molecule has 6 rings (SSSR count). The normalized spacial score (nSPS) is 18.9. The second-order valence-corrected chi connectivity index (χ2v) is 13.7. The van der Waals surface area contributed by atoms with Crippen molar-refractivity contribution in [1.82, 2.24) is 20.2 Å². The number of thioether (sulfide) groups is 1. The predicted molar refractivity (Wildman–Crippen MR) is 176 cm³/mol. The monoisotopic (exact) mass is 708 g/mol. The van der Waals surface area contributed by atoms with E-state index in [4.69, 9.17) is 10.6 Å². The van der Waals surface area contributed by atoms with Crippen LogP contribution in [0.3, 0.4) is 0 Å². The zero-order valence-corrected chi connectivity index (χ0v) is 26.8. The Balaban J connectivity index is 1.26. The number of anilines is 1. The number of oxime groups is 1. The van der Waals surface area contributed by atoms with Gasteiger partial charge in [-0.2, -0.15) is 0 Å². The summed E-state index contributed by atoms with van der Waals surface area (Å²) >= 11 is 3.61. The Bertz CT molecular complexity index is 2020. The number of carboxylic acids is 2. The number of carboxylic acid groups (broad SMARTS) is 2. The third-order valence-corrected chi connectivity index (χ3v) is 10.5. The lowest BCUT2D eigenvalue weighted by molar-refractivity contribution is -0.162. The van der Waals surface area contributed by atoms with Crippen molar-refractivity contribution < 1.29 is 44.4 Å². The molecule has 0 bridgehead atoms. The maximum absolute atomic E-state index is 13.1. The van der Waals surface area contributed by atoms with E-state index in [9.17, 15) is 39.6 Å². The number of aromatic hydroxyl groups is 2. The maximum Gasteiger partial charge on any atom is 0.362 e. The number of nitrogens with zero attached hydrogens (tertiary/aromatic N) is 4. The van der Waals surface area contributed by atoms with E-state index < -0.39 is 45.7 Å². The molecule has 4 aromatic rings. The molecule has 5 heterocycles. The van der Waals surface area contributed by atoms with E-state index in [1.54, 1.807) is 18.3 Å². The van der Waals surface area contributed by atoms with E-state index >= 15 is 0 Å². The number of hydrogen-bond acceptors (Lipinski definition) is 14. The number of aliphatic carboxylic acids is 2. The van der Waals surface area contributed by atoms with E-state index in [0.717, 1.165) is 50.3 Å². The van der Waals surface area contributed by atoms with Crippen LogP contribution in [-0.4, -0.2) is 76.0 Å². The van der Waals surface area contributed by atoms with Crippen LogP contribution in [0.15, 0.2) is 76.6 Å². The molecule has 3 atom stereocenters. The Morgan fingerprint density at radius 2 is 2.00 bits per heavy atom. The third kappa shape index (κ3) is 6.03. The molecule has 1 saturated heterocycles. The second kappa shape index (κ2) is 13.0. The van der Waals surface area contributed by atoms with Crippen LogP contribution in [0, 0.1) is 0 Å². The number of phenols is 2. The van der Waals surface area contributed by atoms with Crippen molar-refractivity contribution in [1.29, 1.82) is 0 Å². The second-order valence-electron chi connectivity index (χ2n) is 10.3. The lowest BCUT2D eigenvalue weighted by Crippen LogP contribution is -2.57. The van der Waals surface area contributed by atoms with E-state index in [1.165, 1.54) is 27.7 Å². The van der Waals surface area contributed by atoms with Crippen molar-refractivity contribution in [3.63, 3.8) is 0 Å². The number of thiazole rings is 1. The molecule has 1 aromatic carbocycles. The highest BCUT2D eigenvalue weighted by Gasteiger charge is 2.50. The Labute approximate surface area is 282 Å². The summed E-state index contributed by atoms with van der Waals surface area (Å²) in [5, 5.41) is 46.4. The van der Waals surface area contributed by atoms with Gasteiger partial charge in [0.25, 0.3) is 5.91 Å². The summed E-state index contributed by atoms with van der Waals surface area (Å²) in [7, 11) is 0. The predicted octanol–water partition coefficient (Wildman–Crippen LogP) is 2.96. The summed E-state index contributed by atoms with van der Waals surface area (Å²) in [6, 6.07) is 8.87. The number of thiophene rings is 1. The van der Waals surface area contributed by atoms with Crippen molar-refractivity contribution >= 4 is 79.8 Å². The van der Waals surface area contributed by atoms with Gasteiger partial charge in [0.05, 0.1) is 22.0 Å². The number of pyridine rings is 1. The summed E-state index contributed by atoms with van der Waals surface area (Å²) in [5.74, 6) is -5.36. The van der Waals surface area contributed by atoms with Crippen LogP contribution in [0.5, 0.6) is 11.5 Å².